The molecule has 4 rings (SSSR count). The van der Waals surface area contributed by atoms with E-state index in [9.17, 15) is 19.7 Å². The molecule has 0 spiro atoms. The van der Waals surface area contributed by atoms with Crippen LogP contribution in [0.3, 0.4) is 0 Å². The van der Waals surface area contributed by atoms with E-state index in [-0.39, 0.29) is 40.2 Å². The number of hydrogen-bond donors (Lipinski definition) is 1. The number of anilines is 3. The van der Waals surface area contributed by atoms with Gasteiger partial charge >= 0.3 is 18.0 Å². The predicted molar refractivity (Wildman–Crippen MR) is 244 cm³/mol. The molecular weight excluding hydrogens is 801 g/mol. The van der Waals surface area contributed by atoms with E-state index in [1.807, 2.05) is 52.5 Å². The van der Waals surface area contributed by atoms with E-state index in [4.69, 9.17) is 24.1 Å². The second-order valence-corrected chi connectivity index (χ2v) is 30.4. The van der Waals surface area contributed by atoms with Gasteiger partial charge in [-0.1, -0.05) is 41.5 Å². The first-order chi connectivity index (χ1) is 27.3. The summed E-state index contributed by atoms with van der Waals surface area (Å²) in [5.41, 5.74) is 6.40. The number of nitrogens with zero attached hydrogens (tertiary/aromatic N) is 7. The molecule has 2 aliphatic heterocycles. The van der Waals surface area contributed by atoms with Crippen molar-refractivity contribution in [3.63, 3.8) is 0 Å². The lowest BCUT2D eigenvalue weighted by molar-refractivity contribution is -0.389. The van der Waals surface area contributed by atoms with Gasteiger partial charge in [0, 0.05) is 45.3 Å². The zero-order chi connectivity index (χ0) is 45.6. The molecule has 2 saturated heterocycles. The van der Waals surface area contributed by atoms with Crippen molar-refractivity contribution < 1.29 is 32.8 Å². The number of nitrogen functional groups attached to an aromatic ring is 1. The summed E-state index contributed by atoms with van der Waals surface area (Å²) < 4.78 is 24.2. The Morgan fingerprint density at radius 2 is 1.07 bits per heavy atom. The van der Waals surface area contributed by atoms with E-state index >= 15 is 0 Å². The molecule has 2 fully saturated rings. The highest BCUT2D eigenvalue weighted by Crippen LogP contribution is 2.38. The van der Waals surface area contributed by atoms with Gasteiger partial charge in [-0.2, -0.15) is 0 Å². The van der Waals surface area contributed by atoms with Gasteiger partial charge in [0.15, 0.2) is 22.8 Å². The molecule has 18 heteroatoms. The van der Waals surface area contributed by atoms with Gasteiger partial charge in [-0.3, -0.25) is 9.80 Å². The summed E-state index contributed by atoms with van der Waals surface area (Å²) in [6, 6.07) is 6.57. The molecule has 0 radical (unpaired) electrons. The smallest absolute Gasteiger partial charge is 0.410 e. The van der Waals surface area contributed by atoms with Gasteiger partial charge in [0.2, 0.25) is 0 Å². The lowest BCUT2D eigenvalue weighted by Gasteiger charge is -2.44. The lowest BCUT2D eigenvalue weighted by Crippen LogP contribution is -2.59. The zero-order valence-electron chi connectivity index (χ0n) is 39.2. The third kappa shape index (κ3) is 14.6. The van der Waals surface area contributed by atoms with Gasteiger partial charge in [-0.05, 0) is 106 Å². The van der Waals surface area contributed by atoms with E-state index in [1.165, 1.54) is 12.3 Å². The Morgan fingerprint density at radius 3 is 1.37 bits per heavy atom. The van der Waals surface area contributed by atoms with E-state index < -0.39 is 32.8 Å². The van der Waals surface area contributed by atoms with E-state index in [1.54, 1.807) is 23.2 Å². The van der Waals surface area contributed by atoms with Crippen LogP contribution in [-0.4, -0.2) is 129 Å². The molecule has 0 aromatic carbocycles. The second-order valence-electron chi connectivity index (χ2n) is 20.8. The van der Waals surface area contributed by atoms with Crippen LogP contribution < -0.4 is 15.5 Å². The third-order valence-electron chi connectivity index (χ3n) is 11.5. The van der Waals surface area contributed by atoms with Crippen molar-refractivity contribution in [2.75, 3.05) is 68.0 Å². The van der Waals surface area contributed by atoms with Gasteiger partial charge in [-0.15, -0.1) is 0 Å². The van der Waals surface area contributed by atoms with Crippen LogP contribution >= 0.6 is 0 Å². The fourth-order valence-corrected chi connectivity index (χ4v) is 7.97. The fraction of sp³-hybridized carbons (Fsp3) is 0.714. The van der Waals surface area contributed by atoms with Gasteiger partial charge < -0.3 is 44.0 Å². The molecule has 0 bridgehead atoms. The molecule has 2 atom stereocenters. The highest BCUT2D eigenvalue weighted by Gasteiger charge is 2.42. The summed E-state index contributed by atoms with van der Waals surface area (Å²) in [6.45, 7) is 37.7. The summed E-state index contributed by atoms with van der Waals surface area (Å²) in [7, 11) is -3.94. The Bertz CT molecular complexity index is 1740. The molecule has 0 unspecified atom stereocenters. The fourth-order valence-electron chi connectivity index (χ4n) is 5.89. The molecule has 2 N–H and O–H groups in total. The van der Waals surface area contributed by atoms with Crippen LogP contribution in [0.4, 0.5) is 32.6 Å². The standard InChI is InChI=1S/C21H36N4O5Si.C21H38N4O3Si/c1-20(2,3)30-19(26)24-12-11-23(16-9-10-18(22-13-16)25(27)28)14-17(24)15-29-31(7,8)21(4,5)6;1-20(2,3)28-19(26)25-12-11-24(16-9-10-18(22)23-13-16)14-17(25)15-27-29(7,8)21(4,5)6/h9-10,13,17H,11-12,14-15H2,1-8H3;9-10,13,17H,11-12,14-15H2,1-8H3,(H2,22,23)/t2*17-/m11/s1. The number of piperazine rings is 2. The minimum atomic E-state index is -2.01. The molecule has 60 heavy (non-hydrogen) atoms. The number of pyridine rings is 2. The normalized spacial score (nSPS) is 18.4. The molecular formula is C42H74N8O8Si2. The highest BCUT2D eigenvalue weighted by molar-refractivity contribution is 6.74. The maximum absolute atomic E-state index is 12.9. The van der Waals surface area contributed by atoms with Crippen molar-refractivity contribution in [1.82, 2.24) is 19.8 Å². The summed E-state index contributed by atoms with van der Waals surface area (Å²) in [6.07, 6.45) is 2.66. The van der Waals surface area contributed by atoms with Crippen molar-refractivity contribution in [2.24, 2.45) is 0 Å². The van der Waals surface area contributed by atoms with Gasteiger partial charge in [0.1, 0.15) is 17.0 Å². The molecule has 16 nitrogen and oxygen atoms in total. The maximum Gasteiger partial charge on any atom is 0.410 e. The Balaban J connectivity index is 0.000000321. The summed E-state index contributed by atoms with van der Waals surface area (Å²) >= 11 is 0. The van der Waals surface area contributed by atoms with Crippen molar-refractivity contribution in [2.45, 2.75) is 143 Å². The molecule has 2 aromatic rings. The number of nitrogens with two attached hydrogens (primary N) is 1. The zero-order valence-corrected chi connectivity index (χ0v) is 41.2. The Kier molecular flexibility index (Phi) is 16.2. The molecule has 2 aliphatic rings. The topological polar surface area (TPSA) is 179 Å². The van der Waals surface area contributed by atoms with Crippen molar-refractivity contribution in [3.8, 4) is 0 Å². The van der Waals surface area contributed by atoms with Crippen LogP contribution in [0.1, 0.15) is 83.1 Å². The monoisotopic (exact) mass is 875 g/mol. The first-order valence-corrected chi connectivity index (χ1v) is 26.7. The number of carbonyl (C=O) groups is 2. The van der Waals surface area contributed by atoms with E-state index in [2.05, 4.69) is 87.5 Å². The van der Waals surface area contributed by atoms with Crippen molar-refractivity contribution in [1.29, 1.82) is 0 Å². The minimum absolute atomic E-state index is 0.0559. The number of aromatic nitrogens is 2. The van der Waals surface area contributed by atoms with Gasteiger partial charge in [0.05, 0.1) is 42.9 Å². The van der Waals surface area contributed by atoms with Crippen molar-refractivity contribution >= 4 is 51.8 Å². The average molecular weight is 875 g/mol. The number of carbonyl (C=O) groups excluding carboxylic acids is 2. The summed E-state index contributed by atoms with van der Waals surface area (Å²) in [5.74, 6) is 0.313. The van der Waals surface area contributed by atoms with E-state index in [0.717, 1.165) is 11.4 Å². The molecule has 0 saturated carbocycles. The van der Waals surface area contributed by atoms with Gasteiger partial charge in [-0.25, -0.2) is 14.6 Å². The Morgan fingerprint density at radius 1 is 0.683 bits per heavy atom. The van der Waals surface area contributed by atoms with Crippen molar-refractivity contribution in [3.05, 3.63) is 46.8 Å². The van der Waals surface area contributed by atoms with E-state index in [0.29, 0.717) is 58.3 Å². The lowest BCUT2D eigenvalue weighted by atomic mass is 10.1. The second kappa shape index (κ2) is 19.4. The molecule has 0 aliphatic carbocycles. The quantitative estimate of drug-likeness (QED) is 0.144. The third-order valence-corrected chi connectivity index (χ3v) is 20.5. The van der Waals surface area contributed by atoms with Crippen LogP contribution in [0, 0.1) is 10.1 Å². The highest BCUT2D eigenvalue weighted by atomic mass is 28.4. The van der Waals surface area contributed by atoms with Crippen LogP contribution in [0.5, 0.6) is 0 Å². The van der Waals surface area contributed by atoms with Crippen LogP contribution in [-0.2, 0) is 18.3 Å². The molecule has 2 amide bonds. The number of amides is 2. The molecule has 2 aromatic heterocycles. The predicted octanol–water partition coefficient (Wildman–Crippen LogP) is 8.55. The number of rotatable bonds is 9. The Labute approximate surface area is 360 Å². The Hall–Kier alpha value is -4.01. The number of hydrogen-bond acceptors (Lipinski definition) is 13. The first-order valence-electron chi connectivity index (χ1n) is 20.9. The average Bonchev–Trinajstić information content (AvgIpc) is 3.11. The van der Waals surface area contributed by atoms with Crippen LogP contribution in [0.2, 0.25) is 36.3 Å². The van der Waals surface area contributed by atoms with Crippen LogP contribution in [0.15, 0.2) is 36.7 Å². The first kappa shape index (κ1) is 50.4. The number of nitro groups is 1. The molecule has 338 valence electrons. The number of ether oxygens (including phenoxy) is 2. The largest absolute Gasteiger partial charge is 0.444 e. The van der Waals surface area contributed by atoms with Gasteiger partial charge in [0.25, 0.3) is 0 Å². The summed E-state index contributed by atoms with van der Waals surface area (Å²) in [4.78, 5) is 52.1. The molecule has 4 heterocycles. The maximum atomic E-state index is 12.9. The SMILES string of the molecule is CC(C)(C)OC(=O)N1CCN(c2ccc(N)nc2)C[C@@H]1CO[Si](C)(C)C(C)(C)C.CC(C)(C)OC(=O)N1CCN(c2ccc([N+](=O)[O-])nc2)C[C@@H]1CO[Si](C)(C)C(C)(C)C. The minimum Gasteiger partial charge on any atom is -0.444 e. The summed E-state index contributed by atoms with van der Waals surface area (Å²) in [5, 5.41) is 11.1. The van der Waals surface area contributed by atoms with Crippen LogP contribution in [0.25, 0.3) is 0 Å².